The summed E-state index contributed by atoms with van der Waals surface area (Å²) in [7, 11) is 12.3. The molecule has 19 nitrogen and oxygen atoms in total. The summed E-state index contributed by atoms with van der Waals surface area (Å²) in [5, 5.41) is 40.8. The van der Waals surface area contributed by atoms with Gasteiger partial charge in [0, 0.05) is 58.2 Å². The van der Waals surface area contributed by atoms with Gasteiger partial charge in [-0.2, -0.15) is 0 Å². The monoisotopic (exact) mass is 1340 g/mol. The molecule has 1 aliphatic heterocycles. The van der Waals surface area contributed by atoms with Crippen LogP contribution >= 0.6 is 9.24 Å². The number of benzene rings is 1. The number of carbonyl (C=O) groups excluding carboxylic acids is 4. The second kappa shape index (κ2) is 67.9. The third-order valence-electron chi connectivity index (χ3n) is 14.7. The number of hydrogen-bond acceptors (Lipinski definition) is 18. The summed E-state index contributed by atoms with van der Waals surface area (Å²) in [5.41, 5.74) is 3.45. The minimum Gasteiger partial charge on any atom is -0.497 e. The molecule has 0 bridgehead atoms. The van der Waals surface area contributed by atoms with Crippen molar-refractivity contribution in [3.05, 3.63) is 41.0 Å². The van der Waals surface area contributed by atoms with E-state index in [1.54, 1.807) is 14.2 Å². The van der Waals surface area contributed by atoms with Crippen LogP contribution in [0.1, 0.15) is 226 Å². The quantitative estimate of drug-likeness (QED) is 0.0108. The number of amides is 1. The van der Waals surface area contributed by atoms with E-state index >= 15 is 0 Å². The Kier molecular flexibility index (Phi) is 77.6. The van der Waals surface area contributed by atoms with Gasteiger partial charge < -0.3 is 68.7 Å². The maximum absolute atomic E-state index is 11.8. The van der Waals surface area contributed by atoms with E-state index in [0.29, 0.717) is 82.8 Å². The van der Waals surface area contributed by atoms with Gasteiger partial charge in [0.15, 0.2) is 0 Å². The van der Waals surface area contributed by atoms with Gasteiger partial charge in [0.05, 0.1) is 84.7 Å². The zero-order valence-corrected chi connectivity index (χ0v) is 65.3. The van der Waals surface area contributed by atoms with E-state index in [0.717, 1.165) is 51.5 Å². The van der Waals surface area contributed by atoms with Gasteiger partial charge in [-0.25, -0.2) is 9.78 Å². The minimum absolute atomic E-state index is 0.0277. The number of ether oxygens (including phenoxy) is 6. The third-order valence-corrected chi connectivity index (χ3v) is 14.7. The number of methoxy groups -OCH3 is 3. The van der Waals surface area contributed by atoms with Gasteiger partial charge in [0.2, 0.25) is 5.91 Å². The standard InChI is InChI=1S/C35H61NO5.C18H34N2O8.C7H16.4C2H6.CH4O.2CH2O.CH5P/c1-25(17-32(33(4,5)24-37)41-23-26(2)36(8)9)29-18-28(19-31(20-29)40-11)22-34(6)15-12-13-30(34)14-16-35(7,38)21-27(3)39-10;1-15-13-17(22)20(14-15)6-3-16(21)19-5-8-25-9-10-26-11-12-28-27-7-4-18(23)24-2;1-5-6-7(2,3)4;8*1-2/h14,18-20,25-27,32,37-38H,12-13,15-17,21-24H2,1-11H3;15,17,22H,3-14H2,1-2H3,(H,19,21);5-6H2,1-4H3;4*1-2H3;2H,1H3;2*1H2;2H2,1H3/t25?,26?,27?,32-,34?,35+;;;;;;;;;;/m0........../s1. The number of likely N-dealkylation sites (tertiary alicyclic amines) is 1. The Balaban J connectivity index is -0.000000199. The minimum atomic E-state index is -0.782. The molecule has 1 aromatic carbocycles. The zero-order valence-electron chi connectivity index (χ0n) is 64.1. The summed E-state index contributed by atoms with van der Waals surface area (Å²) in [5.74, 6) is 1.19. The molecule has 20 heteroatoms. The van der Waals surface area contributed by atoms with Crippen molar-refractivity contribution in [1.29, 1.82) is 0 Å². The van der Waals surface area contributed by atoms with E-state index in [9.17, 15) is 24.9 Å². The van der Waals surface area contributed by atoms with Gasteiger partial charge in [-0.05, 0) is 132 Å². The van der Waals surface area contributed by atoms with Crippen LogP contribution < -0.4 is 10.1 Å². The van der Waals surface area contributed by atoms with Crippen LogP contribution in [0.2, 0.25) is 0 Å². The summed E-state index contributed by atoms with van der Waals surface area (Å²) in [6.45, 7) is 52.5. The van der Waals surface area contributed by atoms with Crippen molar-refractivity contribution in [2.45, 2.75) is 252 Å². The summed E-state index contributed by atoms with van der Waals surface area (Å²) in [6, 6.07) is 6.97. The van der Waals surface area contributed by atoms with E-state index < -0.39 is 11.8 Å². The predicted octanol–water partition coefficient (Wildman–Crippen LogP) is 13.1. The lowest BCUT2D eigenvalue weighted by Crippen LogP contribution is -2.39. The highest BCUT2D eigenvalue weighted by atomic mass is 31.0. The van der Waals surface area contributed by atoms with Crippen molar-refractivity contribution in [2.75, 3.05) is 122 Å². The highest BCUT2D eigenvalue weighted by Crippen LogP contribution is 2.46. The first-order valence-electron chi connectivity index (χ1n) is 33.9. The molecule has 2 fully saturated rings. The van der Waals surface area contributed by atoms with E-state index in [1.807, 2.05) is 94.4 Å². The molecule has 0 radical (unpaired) electrons. The number of hydrogen-bond donors (Lipinski definition) is 5. The number of rotatable bonds is 34. The summed E-state index contributed by atoms with van der Waals surface area (Å²) >= 11 is 0. The van der Waals surface area contributed by atoms with Crippen molar-refractivity contribution < 1.29 is 77.8 Å². The molecule has 1 heterocycles. The van der Waals surface area contributed by atoms with Gasteiger partial charge in [-0.3, -0.25) is 14.5 Å². The van der Waals surface area contributed by atoms with Gasteiger partial charge >= 0.3 is 5.97 Å². The summed E-state index contributed by atoms with van der Waals surface area (Å²) in [4.78, 5) is 52.3. The summed E-state index contributed by atoms with van der Waals surface area (Å²) in [6.07, 6.45) is 12.2. The lowest BCUT2D eigenvalue weighted by atomic mass is 9.76. The molecular formula is C72H148N3O16P. The third kappa shape index (κ3) is 56.2. The van der Waals surface area contributed by atoms with E-state index in [-0.39, 0.29) is 67.1 Å². The molecule has 1 saturated carbocycles. The largest absolute Gasteiger partial charge is 0.497 e. The Bertz CT molecular complexity index is 1800. The first-order valence-corrected chi connectivity index (χ1v) is 35.1. The van der Waals surface area contributed by atoms with Crippen LogP contribution in [0.4, 0.5) is 0 Å². The van der Waals surface area contributed by atoms with Crippen LogP contribution in [0, 0.1) is 22.2 Å². The Morgan fingerprint density at radius 3 is 1.86 bits per heavy atom. The second-order valence-corrected chi connectivity index (χ2v) is 24.2. The molecule has 92 heavy (non-hydrogen) atoms. The molecule has 1 aromatic rings. The SMILES string of the molecule is C=O.C=O.CC.CC.CC.CC.CCCC(C)(C)C.CO.COC(=O)CCOOCCOCCOCCNC(=O)CCN1CC(C)CC1O.COc1cc(CC2(C)CCCC2=CC[C@@](C)(O)CC(C)OC)cc(C(C)C[C@H](OCC(C)N(C)C)C(C)(C)CO)c1.CP. The molecule has 2 aliphatic rings. The Labute approximate surface area is 567 Å². The maximum atomic E-state index is 11.8. The van der Waals surface area contributed by atoms with Gasteiger partial charge in [-0.1, -0.05) is 149 Å². The van der Waals surface area contributed by atoms with Crippen molar-refractivity contribution in [2.24, 2.45) is 22.2 Å². The fraction of sp³-hybridized carbons (Fsp3) is 0.833. The number of aliphatic hydroxyl groups excluding tert-OH is 3. The van der Waals surface area contributed by atoms with Crippen molar-refractivity contribution in [1.82, 2.24) is 15.1 Å². The molecule has 9 atom stereocenters. The molecule has 5 N–H and O–H groups in total. The maximum Gasteiger partial charge on any atom is 0.307 e. The van der Waals surface area contributed by atoms with Crippen LogP contribution in [0.5, 0.6) is 5.75 Å². The number of nitrogens with zero attached hydrogens (tertiary/aromatic N) is 2. The average molecular weight is 1340 g/mol. The van der Waals surface area contributed by atoms with Crippen LogP contribution in [0.25, 0.3) is 0 Å². The van der Waals surface area contributed by atoms with E-state index in [2.05, 4.69) is 132 Å². The highest BCUT2D eigenvalue weighted by molar-refractivity contribution is 7.15. The topological polar surface area (TPSA) is 242 Å². The molecule has 0 aromatic heterocycles. The lowest BCUT2D eigenvalue weighted by molar-refractivity contribution is -0.299. The number of nitrogens with one attached hydrogen (secondary N) is 1. The van der Waals surface area contributed by atoms with Crippen molar-refractivity contribution in [3.63, 3.8) is 0 Å². The molecule has 3 rings (SSSR count). The molecule has 0 spiro atoms. The van der Waals surface area contributed by atoms with Gasteiger partial charge in [0.1, 0.15) is 32.2 Å². The van der Waals surface area contributed by atoms with Crippen LogP contribution in [-0.4, -0.2) is 207 Å². The Hall–Kier alpha value is -3.01. The predicted molar refractivity (Wildman–Crippen MR) is 387 cm³/mol. The lowest BCUT2D eigenvalue weighted by Gasteiger charge is -2.36. The fourth-order valence-corrected chi connectivity index (χ4v) is 9.48. The number of esters is 1. The van der Waals surface area contributed by atoms with Crippen LogP contribution in [0.3, 0.4) is 0 Å². The molecular weight excluding hydrogens is 1190 g/mol. The van der Waals surface area contributed by atoms with Gasteiger partial charge in [0.25, 0.3) is 0 Å². The summed E-state index contributed by atoms with van der Waals surface area (Å²) < 4.78 is 32.7. The highest BCUT2D eigenvalue weighted by Gasteiger charge is 2.36. The number of aliphatic hydroxyl groups is 4. The normalized spacial score (nSPS) is 17.8. The smallest absolute Gasteiger partial charge is 0.307 e. The second-order valence-electron chi connectivity index (χ2n) is 24.2. The first kappa shape index (κ1) is 105. The van der Waals surface area contributed by atoms with Crippen molar-refractivity contribution in [3.8, 4) is 5.75 Å². The van der Waals surface area contributed by atoms with Gasteiger partial charge in [-0.15, -0.1) is 9.24 Å². The Morgan fingerprint density at radius 2 is 1.39 bits per heavy atom. The average Bonchev–Trinajstić information content (AvgIpc) is 1.54. The number of carbonyl (C=O) groups is 4. The fourth-order valence-electron chi connectivity index (χ4n) is 9.48. The van der Waals surface area contributed by atoms with Crippen LogP contribution in [-0.2, 0) is 59.1 Å². The number of likely N-dealkylation sites (N-methyl/N-ethyl adjacent to an activating group) is 1. The first-order chi connectivity index (χ1) is 43.6. The molecule has 7 unspecified atom stereocenters. The Morgan fingerprint density at radius 1 is 0.848 bits per heavy atom. The van der Waals surface area contributed by atoms with Crippen molar-refractivity contribution >= 4 is 34.7 Å². The van der Waals surface area contributed by atoms with E-state index in [1.165, 1.54) is 43.1 Å². The molecule has 552 valence electrons. The molecule has 1 aliphatic carbocycles. The zero-order chi connectivity index (χ0) is 73.5. The van der Waals surface area contributed by atoms with E-state index in [4.69, 9.17) is 48.2 Å². The number of allylic oxidation sites excluding steroid dienone is 1. The molecule has 1 saturated heterocycles. The van der Waals surface area contributed by atoms with Crippen LogP contribution in [0.15, 0.2) is 29.8 Å². The molecule has 1 amide bonds.